The van der Waals surface area contributed by atoms with Gasteiger partial charge in [-0.2, -0.15) is 0 Å². The molecule has 0 unspecified atom stereocenters. The van der Waals surface area contributed by atoms with Gasteiger partial charge in [0.05, 0.1) is 6.61 Å². The Morgan fingerprint density at radius 2 is 1.79 bits per heavy atom. The molecule has 0 fully saturated rings. The van der Waals surface area contributed by atoms with Crippen LogP contribution in [0.15, 0.2) is 54.6 Å². The summed E-state index contributed by atoms with van der Waals surface area (Å²) >= 11 is 1.39. The van der Waals surface area contributed by atoms with Crippen molar-refractivity contribution in [3.63, 3.8) is 0 Å². The second-order valence-corrected chi connectivity index (χ2v) is 7.32. The Bertz CT molecular complexity index is 996. The van der Waals surface area contributed by atoms with Crippen molar-refractivity contribution >= 4 is 34.5 Å². The van der Waals surface area contributed by atoms with Crippen LogP contribution in [0.1, 0.15) is 29.1 Å². The SMILES string of the molecule is CCOc1cc(-c2ccccc2)sc1C(=O)Nc1ccc(C)c(NC(C)=O)c1. The van der Waals surface area contributed by atoms with Crippen LogP contribution in [0.4, 0.5) is 11.4 Å². The van der Waals surface area contributed by atoms with E-state index in [0.717, 1.165) is 16.0 Å². The number of carbonyl (C=O) groups is 2. The molecule has 0 aliphatic rings. The van der Waals surface area contributed by atoms with Crippen molar-refractivity contribution < 1.29 is 14.3 Å². The maximum Gasteiger partial charge on any atom is 0.269 e. The van der Waals surface area contributed by atoms with Gasteiger partial charge in [-0.3, -0.25) is 9.59 Å². The molecule has 2 N–H and O–H groups in total. The number of hydrogen-bond acceptors (Lipinski definition) is 4. The van der Waals surface area contributed by atoms with E-state index in [-0.39, 0.29) is 11.8 Å². The van der Waals surface area contributed by atoms with E-state index in [9.17, 15) is 9.59 Å². The molecule has 0 bridgehead atoms. The van der Waals surface area contributed by atoms with E-state index in [1.807, 2.05) is 62.4 Å². The van der Waals surface area contributed by atoms with E-state index in [2.05, 4.69) is 10.6 Å². The zero-order valence-corrected chi connectivity index (χ0v) is 16.9. The van der Waals surface area contributed by atoms with Crippen LogP contribution in [0.5, 0.6) is 5.75 Å². The Labute approximate surface area is 168 Å². The molecule has 0 atom stereocenters. The summed E-state index contributed by atoms with van der Waals surface area (Å²) in [5, 5.41) is 5.67. The summed E-state index contributed by atoms with van der Waals surface area (Å²) in [6, 6.07) is 17.2. The highest BCUT2D eigenvalue weighted by Gasteiger charge is 2.19. The fraction of sp³-hybridized carbons (Fsp3) is 0.182. The normalized spacial score (nSPS) is 10.4. The number of aryl methyl sites for hydroxylation is 1. The summed E-state index contributed by atoms with van der Waals surface area (Å²) in [4.78, 5) is 25.8. The fourth-order valence-electron chi connectivity index (χ4n) is 2.75. The van der Waals surface area contributed by atoms with Crippen LogP contribution in [-0.2, 0) is 4.79 Å². The third-order valence-electron chi connectivity index (χ3n) is 4.07. The molecule has 28 heavy (non-hydrogen) atoms. The number of carbonyl (C=O) groups excluding carboxylic acids is 2. The predicted molar refractivity (Wildman–Crippen MR) is 114 cm³/mol. The van der Waals surface area contributed by atoms with E-state index in [1.165, 1.54) is 18.3 Å². The molecule has 1 aromatic heterocycles. The lowest BCUT2D eigenvalue weighted by atomic mass is 10.1. The molecule has 144 valence electrons. The quantitative estimate of drug-likeness (QED) is 0.593. The molecule has 2 amide bonds. The molecular weight excluding hydrogens is 372 g/mol. The van der Waals surface area contributed by atoms with Gasteiger partial charge in [-0.15, -0.1) is 11.3 Å². The van der Waals surface area contributed by atoms with E-state index < -0.39 is 0 Å². The standard InChI is InChI=1S/C22H22N2O3S/c1-4-27-19-13-20(16-8-6-5-7-9-16)28-21(19)22(26)24-17-11-10-14(2)18(12-17)23-15(3)25/h5-13H,4H2,1-3H3,(H,23,25)(H,24,26). The van der Waals surface area contributed by atoms with Gasteiger partial charge in [0.15, 0.2) is 0 Å². The second-order valence-electron chi connectivity index (χ2n) is 6.27. The summed E-state index contributed by atoms with van der Waals surface area (Å²) in [6.45, 7) is 5.72. The van der Waals surface area contributed by atoms with Gasteiger partial charge in [-0.25, -0.2) is 0 Å². The molecule has 2 aromatic carbocycles. The number of hydrogen-bond donors (Lipinski definition) is 2. The largest absolute Gasteiger partial charge is 0.492 e. The van der Waals surface area contributed by atoms with Gasteiger partial charge in [-0.1, -0.05) is 36.4 Å². The lowest BCUT2D eigenvalue weighted by Gasteiger charge is -2.11. The van der Waals surface area contributed by atoms with Gasteiger partial charge < -0.3 is 15.4 Å². The molecule has 0 saturated heterocycles. The third kappa shape index (κ3) is 4.58. The number of nitrogens with one attached hydrogen (secondary N) is 2. The Morgan fingerprint density at radius 1 is 1.04 bits per heavy atom. The molecule has 3 aromatic rings. The van der Waals surface area contributed by atoms with Gasteiger partial charge in [-0.05, 0) is 43.2 Å². The molecular formula is C22H22N2O3S. The number of thiophene rings is 1. The van der Waals surface area contributed by atoms with Crippen LogP contribution >= 0.6 is 11.3 Å². The smallest absolute Gasteiger partial charge is 0.269 e. The minimum atomic E-state index is -0.242. The zero-order valence-electron chi connectivity index (χ0n) is 16.0. The maximum absolute atomic E-state index is 12.9. The van der Waals surface area contributed by atoms with Crippen molar-refractivity contribution in [2.75, 3.05) is 17.2 Å². The average Bonchev–Trinajstić information content (AvgIpc) is 3.09. The number of rotatable bonds is 6. The molecule has 1 heterocycles. The Balaban J connectivity index is 1.88. The van der Waals surface area contributed by atoms with Crippen molar-refractivity contribution in [3.8, 4) is 16.2 Å². The first-order valence-corrected chi connectivity index (χ1v) is 9.81. The van der Waals surface area contributed by atoms with Crippen molar-refractivity contribution in [2.24, 2.45) is 0 Å². The molecule has 0 aliphatic carbocycles. The molecule has 6 heteroatoms. The highest BCUT2D eigenvalue weighted by molar-refractivity contribution is 7.17. The van der Waals surface area contributed by atoms with Gasteiger partial charge in [0.2, 0.25) is 5.91 Å². The van der Waals surface area contributed by atoms with Crippen molar-refractivity contribution in [2.45, 2.75) is 20.8 Å². The lowest BCUT2D eigenvalue weighted by molar-refractivity contribution is -0.114. The average molecular weight is 394 g/mol. The van der Waals surface area contributed by atoms with Crippen molar-refractivity contribution in [1.29, 1.82) is 0 Å². The number of benzene rings is 2. The highest BCUT2D eigenvalue weighted by Crippen LogP contribution is 2.37. The first-order valence-electron chi connectivity index (χ1n) is 8.99. The summed E-state index contributed by atoms with van der Waals surface area (Å²) < 4.78 is 5.69. The molecule has 0 radical (unpaired) electrons. The fourth-order valence-corrected chi connectivity index (χ4v) is 3.75. The van der Waals surface area contributed by atoms with Gasteiger partial charge in [0, 0.05) is 23.2 Å². The van der Waals surface area contributed by atoms with Crippen molar-refractivity contribution in [3.05, 3.63) is 65.0 Å². The van der Waals surface area contributed by atoms with E-state index in [1.54, 1.807) is 6.07 Å². The minimum Gasteiger partial charge on any atom is -0.492 e. The van der Waals surface area contributed by atoms with Crippen LogP contribution in [0.3, 0.4) is 0 Å². The van der Waals surface area contributed by atoms with Gasteiger partial charge in [0.25, 0.3) is 5.91 Å². The van der Waals surface area contributed by atoms with Gasteiger partial charge >= 0.3 is 0 Å². The Hall–Kier alpha value is -3.12. The lowest BCUT2D eigenvalue weighted by Crippen LogP contribution is -2.13. The number of amides is 2. The van der Waals surface area contributed by atoms with E-state index in [0.29, 0.717) is 28.6 Å². The van der Waals surface area contributed by atoms with E-state index in [4.69, 9.17) is 4.74 Å². The van der Waals surface area contributed by atoms with Crippen LogP contribution in [0.2, 0.25) is 0 Å². The molecule has 0 aliphatic heterocycles. The van der Waals surface area contributed by atoms with Crippen molar-refractivity contribution in [1.82, 2.24) is 0 Å². The van der Waals surface area contributed by atoms with Crippen LogP contribution < -0.4 is 15.4 Å². The maximum atomic E-state index is 12.9. The van der Waals surface area contributed by atoms with Crippen LogP contribution in [0.25, 0.3) is 10.4 Å². The number of anilines is 2. The molecule has 3 rings (SSSR count). The zero-order chi connectivity index (χ0) is 20.1. The van der Waals surface area contributed by atoms with E-state index >= 15 is 0 Å². The summed E-state index contributed by atoms with van der Waals surface area (Å²) in [5.41, 5.74) is 3.24. The third-order valence-corrected chi connectivity index (χ3v) is 5.23. The number of ether oxygens (including phenoxy) is 1. The monoisotopic (exact) mass is 394 g/mol. The molecule has 0 saturated carbocycles. The first-order chi connectivity index (χ1) is 13.5. The molecule has 0 spiro atoms. The highest BCUT2D eigenvalue weighted by atomic mass is 32.1. The summed E-state index contributed by atoms with van der Waals surface area (Å²) in [6.07, 6.45) is 0. The second kappa shape index (κ2) is 8.71. The summed E-state index contributed by atoms with van der Waals surface area (Å²) in [5.74, 6) is 0.169. The summed E-state index contributed by atoms with van der Waals surface area (Å²) in [7, 11) is 0. The van der Waals surface area contributed by atoms with Gasteiger partial charge in [0.1, 0.15) is 10.6 Å². The topological polar surface area (TPSA) is 67.4 Å². The first kappa shape index (κ1) is 19.6. The Kier molecular flexibility index (Phi) is 6.11. The van der Waals surface area contributed by atoms with Crippen LogP contribution in [-0.4, -0.2) is 18.4 Å². The molecule has 5 nitrogen and oxygen atoms in total. The van der Waals surface area contributed by atoms with Crippen LogP contribution in [0, 0.1) is 6.92 Å². The Morgan fingerprint density at radius 3 is 2.46 bits per heavy atom. The minimum absolute atomic E-state index is 0.157. The predicted octanol–water partition coefficient (Wildman–Crippen LogP) is 5.33.